The molecule has 0 radical (unpaired) electrons. The zero-order chi connectivity index (χ0) is 18.6. The lowest BCUT2D eigenvalue weighted by molar-refractivity contribution is 0.0942. The molecule has 1 aliphatic rings. The molecule has 2 aromatic heterocycles. The van der Waals surface area contributed by atoms with Gasteiger partial charge >= 0.3 is 0 Å². The van der Waals surface area contributed by atoms with Gasteiger partial charge in [-0.2, -0.15) is 0 Å². The lowest BCUT2D eigenvalue weighted by Gasteiger charge is -2.13. The number of rotatable bonds is 7. The Morgan fingerprint density at radius 1 is 1.33 bits per heavy atom. The van der Waals surface area contributed by atoms with Gasteiger partial charge in [0.05, 0.1) is 18.3 Å². The van der Waals surface area contributed by atoms with Crippen molar-refractivity contribution < 1.29 is 4.74 Å². The van der Waals surface area contributed by atoms with Crippen molar-refractivity contribution in [3.8, 4) is 10.6 Å². The van der Waals surface area contributed by atoms with E-state index < -0.39 is 0 Å². The van der Waals surface area contributed by atoms with Crippen molar-refractivity contribution >= 4 is 23.1 Å². The van der Waals surface area contributed by atoms with Crippen LogP contribution in [0.1, 0.15) is 36.8 Å². The van der Waals surface area contributed by atoms with Crippen LogP contribution in [-0.4, -0.2) is 32.5 Å². The SMILES string of the molecule is CCc1nnc(SCc2csc(-c3cccc(C)c3)n2)n1CC1CCCO1. The quantitative estimate of drug-likeness (QED) is 0.536. The molecule has 3 aromatic rings. The third-order valence-electron chi connectivity index (χ3n) is 4.69. The first kappa shape index (κ1) is 18.7. The first-order valence-electron chi connectivity index (χ1n) is 9.41. The molecule has 0 bridgehead atoms. The lowest BCUT2D eigenvalue weighted by Crippen LogP contribution is -2.17. The van der Waals surface area contributed by atoms with E-state index in [0.29, 0.717) is 0 Å². The Morgan fingerprint density at radius 3 is 3.04 bits per heavy atom. The van der Waals surface area contributed by atoms with Crippen molar-refractivity contribution in [2.45, 2.75) is 56.7 Å². The maximum atomic E-state index is 5.81. The van der Waals surface area contributed by atoms with Gasteiger partial charge in [-0.25, -0.2) is 4.98 Å². The van der Waals surface area contributed by atoms with Crippen LogP contribution in [0.4, 0.5) is 0 Å². The predicted octanol–water partition coefficient (Wildman–Crippen LogP) is 4.74. The van der Waals surface area contributed by atoms with Crippen molar-refractivity contribution in [1.29, 1.82) is 0 Å². The van der Waals surface area contributed by atoms with E-state index in [4.69, 9.17) is 9.72 Å². The van der Waals surface area contributed by atoms with Crippen LogP contribution in [0.5, 0.6) is 0 Å². The predicted molar refractivity (Wildman–Crippen MR) is 110 cm³/mol. The Balaban J connectivity index is 1.45. The Bertz CT molecular complexity index is 899. The van der Waals surface area contributed by atoms with Crippen molar-refractivity contribution in [2.75, 3.05) is 6.61 Å². The van der Waals surface area contributed by atoms with Crippen LogP contribution in [0, 0.1) is 6.92 Å². The van der Waals surface area contributed by atoms with Crippen LogP contribution in [-0.2, 0) is 23.5 Å². The molecule has 0 N–H and O–H groups in total. The normalized spacial score (nSPS) is 16.9. The average Bonchev–Trinajstić information content (AvgIpc) is 3.42. The van der Waals surface area contributed by atoms with Crippen LogP contribution in [0.15, 0.2) is 34.8 Å². The van der Waals surface area contributed by atoms with Crippen LogP contribution < -0.4 is 0 Å². The lowest BCUT2D eigenvalue weighted by atomic mass is 10.1. The summed E-state index contributed by atoms with van der Waals surface area (Å²) in [6.07, 6.45) is 3.45. The van der Waals surface area contributed by atoms with Gasteiger partial charge in [-0.15, -0.1) is 21.5 Å². The fourth-order valence-electron chi connectivity index (χ4n) is 3.29. The fourth-order valence-corrected chi connectivity index (χ4v) is 5.07. The molecule has 27 heavy (non-hydrogen) atoms. The Morgan fingerprint density at radius 2 is 2.26 bits per heavy atom. The smallest absolute Gasteiger partial charge is 0.191 e. The van der Waals surface area contributed by atoms with E-state index in [1.807, 2.05) is 0 Å². The zero-order valence-electron chi connectivity index (χ0n) is 15.7. The average molecular weight is 401 g/mol. The molecule has 0 amide bonds. The molecule has 4 rings (SSSR count). The fraction of sp³-hybridized carbons (Fsp3) is 0.450. The van der Waals surface area contributed by atoms with Crippen molar-refractivity contribution in [2.24, 2.45) is 0 Å². The van der Waals surface area contributed by atoms with E-state index in [0.717, 1.165) is 59.8 Å². The molecule has 0 saturated carbocycles. The standard InChI is InChI=1S/C20H24N4OS2/c1-3-18-22-23-20(24(18)11-17-8-5-9-25-17)27-13-16-12-26-19(21-16)15-7-4-6-14(2)10-15/h4,6-7,10,12,17H,3,5,8-9,11,13H2,1-2H3. The molecule has 1 unspecified atom stereocenters. The summed E-state index contributed by atoms with van der Waals surface area (Å²) in [7, 11) is 0. The molecule has 7 heteroatoms. The number of nitrogens with zero attached hydrogens (tertiary/aromatic N) is 4. The first-order valence-corrected chi connectivity index (χ1v) is 11.3. The zero-order valence-corrected chi connectivity index (χ0v) is 17.4. The summed E-state index contributed by atoms with van der Waals surface area (Å²) >= 11 is 3.41. The summed E-state index contributed by atoms with van der Waals surface area (Å²) in [6.45, 7) is 5.96. The van der Waals surface area contributed by atoms with Gasteiger partial charge in [0.25, 0.3) is 0 Å². The Labute approximate surface area is 168 Å². The maximum absolute atomic E-state index is 5.81. The van der Waals surface area contributed by atoms with Gasteiger partial charge in [0.2, 0.25) is 0 Å². The maximum Gasteiger partial charge on any atom is 0.191 e. The number of thioether (sulfide) groups is 1. The summed E-state index contributed by atoms with van der Waals surface area (Å²) in [4.78, 5) is 4.81. The molecule has 3 heterocycles. The van der Waals surface area contributed by atoms with E-state index in [9.17, 15) is 0 Å². The molecule has 1 aliphatic heterocycles. The van der Waals surface area contributed by atoms with E-state index in [-0.39, 0.29) is 6.10 Å². The van der Waals surface area contributed by atoms with Crippen molar-refractivity contribution in [3.05, 3.63) is 46.7 Å². The second kappa shape index (κ2) is 8.54. The minimum atomic E-state index is 0.290. The van der Waals surface area contributed by atoms with Gasteiger partial charge in [-0.3, -0.25) is 0 Å². The summed E-state index contributed by atoms with van der Waals surface area (Å²) in [5, 5.41) is 13.0. The van der Waals surface area contributed by atoms with E-state index in [2.05, 4.69) is 58.3 Å². The minimum absolute atomic E-state index is 0.290. The van der Waals surface area contributed by atoms with Crippen LogP contribution in [0.25, 0.3) is 10.6 Å². The van der Waals surface area contributed by atoms with Crippen molar-refractivity contribution in [3.63, 3.8) is 0 Å². The molecule has 0 aliphatic carbocycles. The molecule has 0 spiro atoms. The summed E-state index contributed by atoms with van der Waals surface area (Å²) in [5.74, 6) is 1.84. The van der Waals surface area contributed by atoms with Gasteiger partial charge in [0, 0.05) is 29.7 Å². The molecule has 142 valence electrons. The molecule has 1 atom stereocenters. The second-order valence-electron chi connectivity index (χ2n) is 6.80. The molecule has 1 saturated heterocycles. The number of benzene rings is 1. The molecule has 1 aromatic carbocycles. The van der Waals surface area contributed by atoms with Crippen LogP contribution in [0.2, 0.25) is 0 Å². The number of thiazole rings is 1. The number of aromatic nitrogens is 4. The monoisotopic (exact) mass is 400 g/mol. The number of aryl methyl sites for hydroxylation is 2. The molecule has 5 nitrogen and oxygen atoms in total. The number of hydrogen-bond acceptors (Lipinski definition) is 6. The van der Waals surface area contributed by atoms with Gasteiger partial charge < -0.3 is 9.30 Å². The van der Waals surface area contributed by atoms with Gasteiger partial charge in [0.15, 0.2) is 5.16 Å². The van der Waals surface area contributed by atoms with E-state index in [1.165, 1.54) is 11.1 Å². The highest BCUT2D eigenvalue weighted by Gasteiger charge is 2.20. The number of hydrogen-bond donors (Lipinski definition) is 0. The highest BCUT2D eigenvalue weighted by atomic mass is 32.2. The van der Waals surface area contributed by atoms with Crippen LogP contribution in [0.3, 0.4) is 0 Å². The topological polar surface area (TPSA) is 52.8 Å². The molecule has 1 fully saturated rings. The minimum Gasteiger partial charge on any atom is -0.376 e. The summed E-state index contributed by atoms with van der Waals surface area (Å²) < 4.78 is 8.04. The van der Waals surface area contributed by atoms with Gasteiger partial charge in [0.1, 0.15) is 10.8 Å². The van der Waals surface area contributed by atoms with Crippen molar-refractivity contribution in [1.82, 2.24) is 19.7 Å². The Hall–Kier alpha value is -1.70. The number of ether oxygens (including phenoxy) is 1. The summed E-state index contributed by atoms with van der Waals surface area (Å²) in [5.41, 5.74) is 3.53. The summed E-state index contributed by atoms with van der Waals surface area (Å²) in [6, 6.07) is 8.50. The second-order valence-corrected chi connectivity index (χ2v) is 8.60. The first-order chi connectivity index (χ1) is 13.2. The van der Waals surface area contributed by atoms with E-state index >= 15 is 0 Å². The molecular formula is C20H24N4OS2. The third kappa shape index (κ3) is 4.42. The van der Waals surface area contributed by atoms with Gasteiger partial charge in [-0.1, -0.05) is 42.4 Å². The van der Waals surface area contributed by atoms with Crippen LogP contribution >= 0.6 is 23.1 Å². The highest BCUT2D eigenvalue weighted by Crippen LogP contribution is 2.29. The molecular weight excluding hydrogens is 376 g/mol. The third-order valence-corrected chi connectivity index (χ3v) is 6.63. The van der Waals surface area contributed by atoms with Gasteiger partial charge in [-0.05, 0) is 25.8 Å². The highest BCUT2D eigenvalue weighted by molar-refractivity contribution is 7.98. The Kier molecular flexibility index (Phi) is 5.90. The van der Waals surface area contributed by atoms with E-state index in [1.54, 1.807) is 23.1 Å². The largest absolute Gasteiger partial charge is 0.376 e.